The number of amides is 1. The van der Waals surface area contributed by atoms with E-state index in [1.54, 1.807) is 7.11 Å². The highest BCUT2D eigenvalue weighted by atomic mass is 16.5. The van der Waals surface area contributed by atoms with E-state index in [1.807, 2.05) is 18.2 Å². The number of nitrogens with one attached hydrogen (secondary N) is 1. The van der Waals surface area contributed by atoms with Crippen molar-refractivity contribution >= 4 is 16.8 Å². The first-order valence-electron chi connectivity index (χ1n) is 8.96. The normalized spacial score (nSPS) is 29.2. The van der Waals surface area contributed by atoms with Crippen molar-refractivity contribution in [1.82, 2.24) is 15.1 Å². The maximum atomic E-state index is 13.3. The van der Waals surface area contributed by atoms with Gasteiger partial charge in [-0.2, -0.15) is 5.10 Å². The number of fused-ring (bicyclic) bond motifs is 3. The first-order chi connectivity index (χ1) is 11.6. The molecule has 0 radical (unpaired) electrons. The minimum Gasteiger partial charge on any atom is -0.496 e. The zero-order valence-electron chi connectivity index (χ0n) is 14.6. The summed E-state index contributed by atoms with van der Waals surface area (Å²) >= 11 is 0. The van der Waals surface area contributed by atoms with Gasteiger partial charge in [-0.3, -0.25) is 9.89 Å². The van der Waals surface area contributed by atoms with Gasteiger partial charge in [-0.1, -0.05) is 26.3 Å². The summed E-state index contributed by atoms with van der Waals surface area (Å²) in [7, 11) is 1.63. The quantitative estimate of drug-likeness (QED) is 0.939. The number of nitrogens with zero attached hydrogens (tertiary/aromatic N) is 2. The Morgan fingerprint density at radius 1 is 1.42 bits per heavy atom. The maximum absolute atomic E-state index is 13.3. The fourth-order valence-corrected chi connectivity index (χ4v) is 4.72. The van der Waals surface area contributed by atoms with Crippen LogP contribution in [-0.4, -0.2) is 40.7 Å². The molecule has 2 fully saturated rings. The van der Waals surface area contributed by atoms with Crippen LogP contribution < -0.4 is 4.74 Å². The highest BCUT2D eigenvalue weighted by Crippen LogP contribution is 2.44. The van der Waals surface area contributed by atoms with Gasteiger partial charge in [-0.15, -0.1) is 0 Å². The van der Waals surface area contributed by atoms with Crippen LogP contribution in [0.3, 0.4) is 0 Å². The third-order valence-corrected chi connectivity index (χ3v) is 6.20. The zero-order chi connectivity index (χ0) is 16.8. The number of aromatic amines is 1. The van der Waals surface area contributed by atoms with Gasteiger partial charge in [0.05, 0.1) is 18.0 Å². The van der Waals surface area contributed by atoms with E-state index in [4.69, 9.17) is 4.74 Å². The number of ether oxygens (including phenoxy) is 1. The smallest absolute Gasteiger partial charge is 0.275 e. The van der Waals surface area contributed by atoms with Crippen molar-refractivity contribution < 1.29 is 9.53 Å². The van der Waals surface area contributed by atoms with E-state index in [2.05, 4.69) is 28.9 Å². The van der Waals surface area contributed by atoms with Crippen molar-refractivity contribution in [1.29, 1.82) is 0 Å². The summed E-state index contributed by atoms with van der Waals surface area (Å²) < 4.78 is 5.45. The Labute approximate surface area is 142 Å². The Balaban J connectivity index is 1.70. The number of likely N-dealkylation sites (tertiary alicyclic amines) is 1. The van der Waals surface area contributed by atoms with Gasteiger partial charge in [0.2, 0.25) is 0 Å². The van der Waals surface area contributed by atoms with E-state index in [0.717, 1.165) is 29.8 Å². The average Bonchev–Trinajstić information content (AvgIpc) is 3.09. The van der Waals surface area contributed by atoms with E-state index in [1.165, 1.54) is 12.8 Å². The van der Waals surface area contributed by atoms with Crippen LogP contribution in [0.5, 0.6) is 5.75 Å². The molecule has 5 heteroatoms. The predicted molar refractivity (Wildman–Crippen MR) is 93.1 cm³/mol. The molecular formula is C19H25N3O2. The molecule has 2 heterocycles. The van der Waals surface area contributed by atoms with E-state index < -0.39 is 0 Å². The molecule has 2 bridgehead atoms. The van der Waals surface area contributed by atoms with Gasteiger partial charge in [-0.05, 0) is 42.7 Å². The first-order valence-corrected chi connectivity index (χ1v) is 8.96. The van der Waals surface area contributed by atoms with Crippen LogP contribution in [0.4, 0.5) is 0 Å². The van der Waals surface area contributed by atoms with Crippen LogP contribution in [0.2, 0.25) is 0 Å². The largest absolute Gasteiger partial charge is 0.496 e. The predicted octanol–water partition coefficient (Wildman–Crippen LogP) is 3.47. The fraction of sp³-hybridized carbons (Fsp3) is 0.579. The van der Waals surface area contributed by atoms with Gasteiger partial charge in [0.25, 0.3) is 5.91 Å². The summed E-state index contributed by atoms with van der Waals surface area (Å²) in [6, 6.07) is 6.07. The summed E-state index contributed by atoms with van der Waals surface area (Å²) in [6.07, 6.45) is 3.59. The highest BCUT2D eigenvalue weighted by molar-refractivity contribution is 6.07. The monoisotopic (exact) mass is 327 g/mol. The standard InChI is InChI=1S/C19H25N3O2/c1-4-12-8-13-10-22(15(9-12)11(13)2)19(23)18-17-14(20-21-18)6-5-7-16(17)24-3/h5-7,11-13,15H,4,8-10H2,1-3H3,(H,20,21)/t11-,12+,13-,15-/m1/s1. The molecule has 4 atom stereocenters. The average molecular weight is 327 g/mol. The molecule has 1 saturated heterocycles. The molecule has 1 N–H and O–H groups in total. The second kappa shape index (κ2) is 5.80. The third-order valence-electron chi connectivity index (χ3n) is 6.20. The molecule has 24 heavy (non-hydrogen) atoms. The number of hydrogen-bond donors (Lipinski definition) is 1. The molecule has 4 rings (SSSR count). The van der Waals surface area contributed by atoms with E-state index in [9.17, 15) is 4.79 Å². The van der Waals surface area contributed by atoms with Crippen molar-refractivity contribution in [3.63, 3.8) is 0 Å². The second-order valence-electron chi connectivity index (χ2n) is 7.34. The highest BCUT2D eigenvalue weighted by Gasteiger charge is 2.47. The van der Waals surface area contributed by atoms with E-state index in [-0.39, 0.29) is 5.91 Å². The van der Waals surface area contributed by atoms with Crippen LogP contribution in [-0.2, 0) is 0 Å². The number of aromatic nitrogens is 2. The number of carbonyl (C=O) groups is 1. The molecule has 1 amide bonds. The lowest BCUT2D eigenvalue weighted by atomic mass is 9.74. The van der Waals surface area contributed by atoms with Gasteiger partial charge in [0.15, 0.2) is 5.69 Å². The van der Waals surface area contributed by atoms with Gasteiger partial charge in [0, 0.05) is 12.6 Å². The summed E-state index contributed by atoms with van der Waals surface area (Å²) in [5.41, 5.74) is 1.34. The van der Waals surface area contributed by atoms with Crippen LogP contribution in [0.1, 0.15) is 43.6 Å². The zero-order valence-corrected chi connectivity index (χ0v) is 14.6. The van der Waals surface area contributed by atoms with Crippen molar-refractivity contribution in [2.24, 2.45) is 17.8 Å². The van der Waals surface area contributed by atoms with Crippen LogP contribution in [0.15, 0.2) is 18.2 Å². The molecule has 128 valence electrons. The lowest BCUT2D eigenvalue weighted by molar-refractivity contribution is 0.0694. The van der Waals surface area contributed by atoms with E-state index in [0.29, 0.717) is 29.3 Å². The van der Waals surface area contributed by atoms with Gasteiger partial charge in [0.1, 0.15) is 5.75 Å². The molecule has 0 spiro atoms. The molecule has 2 aliphatic rings. The minimum atomic E-state index is 0.0434. The molecule has 1 aliphatic heterocycles. The van der Waals surface area contributed by atoms with Crippen LogP contribution >= 0.6 is 0 Å². The Kier molecular flexibility index (Phi) is 3.74. The van der Waals surface area contributed by atoms with Crippen LogP contribution in [0.25, 0.3) is 10.9 Å². The molecule has 1 saturated carbocycles. The van der Waals surface area contributed by atoms with Crippen molar-refractivity contribution in [3.8, 4) is 5.75 Å². The topological polar surface area (TPSA) is 58.2 Å². The molecule has 1 aromatic carbocycles. The molecule has 0 unspecified atom stereocenters. The number of rotatable bonds is 3. The van der Waals surface area contributed by atoms with Gasteiger partial charge >= 0.3 is 0 Å². The Morgan fingerprint density at radius 3 is 3.00 bits per heavy atom. The lowest BCUT2D eigenvalue weighted by Gasteiger charge is -2.33. The van der Waals surface area contributed by atoms with Crippen LogP contribution in [0, 0.1) is 17.8 Å². The molecule has 1 aromatic heterocycles. The first kappa shape index (κ1) is 15.5. The summed E-state index contributed by atoms with van der Waals surface area (Å²) in [5.74, 6) is 2.71. The SMILES string of the molecule is CC[C@H]1C[C@@H]2CN(C(=O)c3n[nH]c4cccc(OC)c34)[C@H](C1)[C@@H]2C. The molecule has 2 aromatic rings. The Bertz CT molecular complexity index is 769. The third kappa shape index (κ3) is 2.21. The molecule has 1 aliphatic carbocycles. The fourth-order valence-electron chi connectivity index (χ4n) is 4.72. The van der Waals surface area contributed by atoms with Crippen molar-refractivity contribution in [2.75, 3.05) is 13.7 Å². The van der Waals surface area contributed by atoms with Gasteiger partial charge in [-0.25, -0.2) is 0 Å². The Morgan fingerprint density at radius 2 is 2.25 bits per heavy atom. The second-order valence-corrected chi connectivity index (χ2v) is 7.34. The molecular weight excluding hydrogens is 302 g/mol. The maximum Gasteiger partial charge on any atom is 0.275 e. The number of H-pyrrole nitrogens is 1. The minimum absolute atomic E-state index is 0.0434. The number of carbonyl (C=O) groups excluding carboxylic acids is 1. The summed E-state index contributed by atoms with van der Waals surface area (Å²) in [4.78, 5) is 15.3. The summed E-state index contributed by atoms with van der Waals surface area (Å²) in [5, 5.41) is 8.11. The number of methoxy groups -OCH3 is 1. The van der Waals surface area contributed by atoms with E-state index >= 15 is 0 Å². The Hall–Kier alpha value is -2.04. The van der Waals surface area contributed by atoms with Crippen molar-refractivity contribution in [2.45, 2.75) is 39.2 Å². The van der Waals surface area contributed by atoms with Crippen molar-refractivity contribution in [3.05, 3.63) is 23.9 Å². The number of benzene rings is 1. The lowest BCUT2D eigenvalue weighted by Crippen LogP contribution is -2.39. The summed E-state index contributed by atoms with van der Waals surface area (Å²) in [6.45, 7) is 5.43. The molecule has 5 nitrogen and oxygen atoms in total. The number of hydrogen-bond acceptors (Lipinski definition) is 3. The van der Waals surface area contributed by atoms with Gasteiger partial charge < -0.3 is 9.64 Å².